The lowest BCUT2D eigenvalue weighted by Crippen LogP contribution is -1.98. The summed E-state index contributed by atoms with van der Waals surface area (Å²) in [6.07, 6.45) is 7.17. The van der Waals surface area contributed by atoms with E-state index in [1.54, 1.807) is 12.4 Å². The molecule has 0 aliphatic rings. The van der Waals surface area contributed by atoms with Gasteiger partial charge in [0.1, 0.15) is 23.4 Å². The first kappa shape index (κ1) is 22.3. The first-order valence-corrected chi connectivity index (χ1v) is 12.8. The van der Waals surface area contributed by atoms with E-state index in [1.165, 1.54) is 11.5 Å². The van der Waals surface area contributed by atoms with Crippen molar-refractivity contribution in [3.05, 3.63) is 59.6 Å². The van der Waals surface area contributed by atoms with Gasteiger partial charge in [0.05, 0.1) is 18.1 Å². The van der Waals surface area contributed by atoms with Crippen LogP contribution in [-0.4, -0.2) is 33.1 Å². The Balaban J connectivity index is 0.000000158. The van der Waals surface area contributed by atoms with Crippen LogP contribution in [0, 0.1) is 6.92 Å². The van der Waals surface area contributed by atoms with Crippen LogP contribution in [0.4, 0.5) is 10.8 Å². The van der Waals surface area contributed by atoms with Crippen molar-refractivity contribution < 1.29 is 0 Å². The highest BCUT2D eigenvalue weighted by molar-refractivity contribution is 9.11. The summed E-state index contributed by atoms with van der Waals surface area (Å²) in [4.78, 5) is 17.0. The standard InChI is InChI=1S/C10H7Br2N5S.C6H2Br3N3/c1-5-2-8(18-16-5)15-9-10-13-3-7(12)17(10)4-6(11)14-9;7-3-2-12-4(8)1-10-6(12)5(9)11-3/h2-4H,1H3,(H,14,15);1-2H. The minimum Gasteiger partial charge on any atom is -0.328 e. The number of aromatic nitrogens is 7. The molecule has 0 aliphatic carbocycles. The second-order valence-corrected chi connectivity index (χ2v) is 10.6. The molecule has 0 aliphatic heterocycles. The molecule has 0 bridgehead atoms. The zero-order valence-corrected chi connectivity index (χ0v) is 23.6. The first-order chi connectivity index (χ1) is 14.3. The number of fused-ring (bicyclic) bond motifs is 2. The molecule has 5 rings (SSSR count). The molecule has 0 aromatic carbocycles. The minimum atomic E-state index is 0.693. The van der Waals surface area contributed by atoms with Gasteiger partial charge in [-0.25, -0.2) is 19.9 Å². The van der Waals surface area contributed by atoms with Crippen LogP contribution in [0.1, 0.15) is 5.69 Å². The maximum atomic E-state index is 4.40. The molecular weight excluding hydrogens is 736 g/mol. The Morgan fingerprint density at radius 3 is 2.10 bits per heavy atom. The van der Waals surface area contributed by atoms with E-state index in [4.69, 9.17) is 0 Å². The van der Waals surface area contributed by atoms with Gasteiger partial charge in [-0.15, -0.1) is 0 Å². The number of anilines is 2. The van der Waals surface area contributed by atoms with Gasteiger partial charge in [0.25, 0.3) is 0 Å². The Hall–Kier alpha value is -0.930. The smallest absolute Gasteiger partial charge is 0.181 e. The number of aryl methyl sites for hydroxylation is 1. The molecule has 5 aromatic rings. The molecule has 0 fully saturated rings. The minimum absolute atomic E-state index is 0.693. The quantitative estimate of drug-likeness (QED) is 0.215. The highest BCUT2D eigenvalue weighted by atomic mass is 79.9. The normalized spacial score (nSPS) is 11.0. The van der Waals surface area contributed by atoms with E-state index in [9.17, 15) is 0 Å². The van der Waals surface area contributed by atoms with Crippen LogP contribution in [0.25, 0.3) is 11.3 Å². The third-order valence-corrected chi connectivity index (χ3v) is 6.93. The Bertz CT molecular complexity index is 1360. The Labute approximate surface area is 216 Å². The molecule has 5 heterocycles. The van der Waals surface area contributed by atoms with Crippen molar-refractivity contribution in [2.45, 2.75) is 6.92 Å². The highest BCUT2D eigenvalue weighted by Crippen LogP contribution is 2.26. The second kappa shape index (κ2) is 9.28. The molecule has 30 heavy (non-hydrogen) atoms. The SMILES string of the molecule is Brc1cn2c(Br)cnc2c(Br)n1.Cc1cc(Nc2nc(Br)cn3c(Br)cnc23)sn1. The molecule has 0 amide bonds. The first-order valence-electron chi connectivity index (χ1n) is 8.06. The number of halogens is 5. The number of rotatable bonds is 2. The molecule has 8 nitrogen and oxygen atoms in total. The number of nitrogens with zero attached hydrogens (tertiary/aromatic N) is 7. The molecule has 0 radical (unpaired) electrons. The Kier molecular flexibility index (Phi) is 6.89. The van der Waals surface area contributed by atoms with E-state index >= 15 is 0 Å². The van der Waals surface area contributed by atoms with Gasteiger partial charge >= 0.3 is 0 Å². The molecule has 0 saturated heterocycles. The third kappa shape index (κ3) is 4.78. The van der Waals surface area contributed by atoms with Gasteiger partial charge < -0.3 is 5.32 Å². The van der Waals surface area contributed by atoms with Crippen LogP contribution in [0.3, 0.4) is 0 Å². The molecule has 1 N–H and O–H groups in total. The van der Waals surface area contributed by atoms with Gasteiger partial charge in [0.15, 0.2) is 21.7 Å². The van der Waals surface area contributed by atoms with Crippen molar-refractivity contribution in [3.63, 3.8) is 0 Å². The van der Waals surface area contributed by atoms with Gasteiger partial charge in [0.2, 0.25) is 0 Å². The van der Waals surface area contributed by atoms with Gasteiger partial charge in [-0.2, -0.15) is 4.37 Å². The molecule has 0 atom stereocenters. The van der Waals surface area contributed by atoms with E-state index in [1.807, 2.05) is 34.2 Å². The summed E-state index contributed by atoms with van der Waals surface area (Å²) in [5, 5.41) is 4.18. The summed E-state index contributed by atoms with van der Waals surface area (Å²) in [5.74, 6) is 0.693. The van der Waals surface area contributed by atoms with E-state index in [0.717, 1.165) is 45.0 Å². The Morgan fingerprint density at radius 2 is 1.47 bits per heavy atom. The van der Waals surface area contributed by atoms with Crippen LogP contribution >= 0.6 is 91.2 Å². The third-order valence-electron chi connectivity index (χ3n) is 3.66. The van der Waals surface area contributed by atoms with Crippen molar-refractivity contribution in [1.82, 2.24) is 33.1 Å². The number of nitrogens with one attached hydrogen (secondary N) is 1. The lowest BCUT2D eigenvalue weighted by atomic mass is 10.5. The number of imidazole rings is 2. The van der Waals surface area contributed by atoms with Crippen LogP contribution in [0.2, 0.25) is 0 Å². The fourth-order valence-corrected chi connectivity index (χ4v) is 5.34. The summed E-state index contributed by atoms with van der Waals surface area (Å²) in [6, 6.07) is 1.97. The zero-order chi connectivity index (χ0) is 21.4. The predicted molar refractivity (Wildman–Crippen MR) is 135 cm³/mol. The second-order valence-electron chi connectivity index (χ2n) is 5.77. The molecule has 5 aromatic heterocycles. The van der Waals surface area contributed by atoms with Gasteiger partial charge in [-0.05, 0) is 104 Å². The van der Waals surface area contributed by atoms with Gasteiger partial charge in [-0.1, -0.05) is 0 Å². The topological polar surface area (TPSA) is 85.3 Å². The predicted octanol–water partition coefficient (Wildman–Crippen LogP) is 6.78. The van der Waals surface area contributed by atoms with Crippen LogP contribution in [0.5, 0.6) is 0 Å². The van der Waals surface area contributed by atoms with Crippen molar-refractivity contribution >= 4 is 113 Å². The molecule has 0 unspecified atom stereocenters. The largest absolute Gasteiger partial charge is 0.328 e. The fourth-order valence-electron chi connectivity index (χ4n) is 2.45. The van der Waals surface area contributed by atoms with Crippen LogP contribution in [0.15, 0.2) is 53.9 Å². The molecule has 0 saturated carbocycles. The number of hydrogen-bond acceptors (Lipinski definition) is 7. The van der Waals surface area contributed by atoms with Crippen molar-refractivity contribution in [2.24, 2.45) is 0 Å². The Morgan fingerprint density at radius 1 is 0.867 bits per heavy atom. The molecule has 154 valence electrons. The fraction of sp³-hybridized carbons (Fsp3) is 0.0625. The van der Waals surface area contributed by atoms with E-state index in [-0.39, 0.29) is 0 Å². The average molecular weight is 745 g/mol. The van der Waals surface area contributed by atoms with E-state index < -0.39 is 0 Å². The van der Waals surface area contributed by atoms with Crippen molar-refractivity contribution in [3.8, 4) is 0 Å². The maximum Gasteiger partial charge on any atom is 0.181 e. The van der Waals surface area contributed by atoms with Gasteiger partial charge in [0, 0.05) is 12.4 Å². The lowest BCUT2D eigenvalue weighted by Gasteiger charge is -2.05. The van der Waals surface area contributed by atoms with Crippen molar-refractivity contribution in [1.29, 1.82) is 0 Å². The van der Waals surface area contributed by atoms with Crippen LogP contribution < -0.4 is 5.32 Å². The number of hydrogen-bond donors (Lipinski definition) is 1. The van der Waals surface area contributed by atoms with Gasteiger partial charge in [-0.3, -0.25) is 8.80 Å². The monoisotopic (exact) mass is 740 g/mol. The summed E-state index contributed by atoms with van der Waals surface area (Å²) in [5.41, 5.74) is 2.54. The highest BCUT2D eigenvalue weighted by Gasteiger charge is 2.10. The molecule has 0 spiro atoms. The van der Waals surface area contributed by atoms with E-state index in [2.05, 4.69) is 109 Å². The lowest BCUT2D eigenvalue weighted by molar-refractivity contribution is 1.06. The zero-order valence-electron chi connectivity index (χ0n) is 14.8. The molecule has 14 heteroatoms. The average Bonchev–Trinajstić information content (AvgIpc) is 3.37. The van der Waals surface area contributed by atoms with Crippen molar-refractivity contribution in [2.75, 3.05) is 5.32 Å². The van der Waals surface area contributed by atoms with E-state index in [0.29, 0.717) is 5.82 Å². The summed E-state index contributed by atoms with van der Waals surface area (Å²) >= 11 is 18.2. The molecular formula is C16H9Br5N8S. The summed E-state index contributed by atoms with van der Waals surface area (Å²) in [7, 11) is 0. The summed E-state index contributed by atoms with van der Waals surface area (Å²) < 4.78 is 12.0. The maximum absolute atomic E-state index is 4.40. The summed E-state index contributed by atoms with van der Waals surface area (Å²) in [6.45, 7) is 1.96. The van der Waals surface area contributed by atoms with Crippen LogP contribution in [-0.2, 0) is 0 Å².